The van der Waals surface area contributed by atoms with Crippen LogP contribution in [0.25, 0.3) is 11.1 Å². The highest BCUT2D eigenvalue weighted by Gasteiger charge is 2.52. The first kappa shape index (κ1) is 28.3. The number of pyridine rings is 1. The Morgan fingerprint density at radius 1 is 1.15 bits per heavy atom. The summed E-state index contributed by atoms with van der Waals surface area (Å²) in [5.41, 5.74) is 8.48. The quantitative estimate of drug-likeness (QED) is 0.180. The van der Waals surface area contributed by atoms with E-state index in [9.17, 15) is 18.8 Å². The molecule has 11 nitrogen and oxygen atoms in total. The molecule has 5 N–H and O–H groups in total. The number of nitrogens with two attached hydrogens (primary N) is 1. The topological polar surface area (TPSA) is 160 Å². The minimum absolute atomic E-state index is 0.0536. The molecule has 4 heterocycles. The first-order valence-electron chi connectivity index (χ1n) is 12.9. The number of ether oxygens (including phenoxy) is 2. The van der Waals surface area contributed by atoms with Gasteiger partial charge in [0.15, 0.2) is 5.79 Å². The van der Waals surface area contributed by atoms with Crippen molar-refractivity contribution in [3.63, 3.8) is 0 Å². The van der Waals surface area contributed by atoms with E-state index in [4.69, 9.17) is 20.6 Å². The Kier molecular flexibility index (Phi) is 8.10. The lowest BCUT2D eigenvalue weighted by Gasteiger charge is -2.24. The van der Waals surface area contributed by atoms with Gasteiger partial charge in [0.1, 0.15) is 11.9 Å². The van der Waals surface area contributed by atoms with Crippen molar-refractivity contribution in [2.24, 2.45) is 5.73 Å². The number of carbonyl (C=O) groups excluding carboxylic acids is 3. The number of nitrogens with one attached hydrogen (secondary N) is 3. The third-order valence-electron chi connectivity index (χ3n) is 7.04. The van der Waals surface area contributed by atoms with E-state index >= 15 is 0 Å². The number of halogens is 1. The van der Waals surface area contributed by atoms with E-state index in [0.717, 1.165) is 16.0 Å². The van der Waals surface area contributed by atoms with Crippen LogP contribution in [-0.4, -0.2) is 71.6 Å². The van der Waals surface area contributed by atoms with E-state index in [1.54, 1.807) is 48.7 Å². The van der Waals surface area contributed by atoms with Crippen LogP contribution in [0.4, 0.5) is 4.39 Å². The number of nitrogen functional groups attached to an aromatic ring is 1. The minimum atomic E-state index is -1.06. The van der Waals surface area contributed by atoms with Gasteiger partial charge in [0.2, 0.25) is 17.8 Å². The van der Waals surface area contributed by atoms with Gasteiger partial charge in [-0.1, -0.05) is 12.1 Å². The largest absolute Gasteiger partial charge is 0.384 e. The van der Waals surface area contributed by atoms with Crippen molar-refractivity contribution in [1.29, 1.82) is 5.41 Å². The highest BCUT2D eigenvalue weighted by atomic mass is 32.1. The first-order chi connectivity index (χ1) is 19.6. The number of amides is 3. The van der Waals surface area contributed by atoms with Crippen LogP contribution >= 0.6 is 11.3 Å². The molecular formula is C28H29FN6O5S. The molecule has 3 aromatic rings. The van der Waals surface area contributed by atoms with Gasteiger partial charge in [-0.25, -0.2) is 4.98 Å². The Morgan fingerprint density at radius 2 is 1.88 bits per heavy atom. The zero-order chi connectivity index (χ0) is 29.1. The van der Waals surface area contributed by atoms with Crippen LogP contribution in [0, 0.1) is 18.3 Å². The summed E-state index contributed by atoms with van der Waals surface area (Å²) < 4.78 is 24.9. The number of carbonyl (C=O) groups is 3. The third-order valence-corrected chi connectivity index (χ3v) is 7.98. The SMILES string of the molecule is Cc1nc(F)ccc1-c1ccc(C(=O)NCC(=O)N2CC3(C[C@H]2C(=O)NCc2cc(C(=N)N)cs2)OCCO3)cc1. The molecule has 41 heavy (non-hydrogen) atoms. The maximum Gasteiger partial charge on any atom is 0.251 e. The van der Waals surface area contributed by atoms with Gasteiger partial charge in [-0.3, -0.25) is 19.8 Å². The Bertz CT molecular complexity index is 1490. The Labute approximate surface area is 239 Å². The van der Waals surface area contributed by atoms with Crippen molar-refractivity contribution in [2.45, 2.75) is 31.7 Å². The van der Waals surface area contributed by atoms with E-state index < -0.39 is 29.6 Å². The van der Waals surface area contributed by atoms with Crippen LogP contribution in [-0.2, 0) is 25.6 Å². The second-order valence-electron chi connectivity index (χ2n) is 9.81. The monoisotopic (exact) mass is 580 g/mol. The van der Waals surface area contributed by atoms with Crippen molar-refractivity contribution >= 4 is 34.9 Å². The van der Waals surface area contributed by atoms with E-state index in [1.165, 1.54) is 22.3 Å². The molecule has 2 aliphatic rings. The summed E-state index contributed by atoms with van der Waals surface area (Å²) in [6, 6.07) is 10.5. The van der Waals surface area contributed by atoms with Crippen LogP contribution in [0.2, 0.25) is 0 Å². The molecule has 0 unspecified atom stereocenters. The molecule has 1 spiro atoms. The van der Waals surface area contributed by atoms with Crippen LogP contribution < -0.4 is 16.4 Å². The molecule has 13 heteroatoms. The predicted molar refractivity (Wildman–Crippen MR) is 149 cm³/mol. The fraction of sp³-hybridized carbons (Fsp3) is 0.321. The molecule has 214 valence electrons. The molecule has 5 rings (SSSR count). The molecule has 0 saturated carbocycles. The zero-order valence-corrected chi connectivity index (χ0v) is 23.1. The molecule has 1 atom stereocenters. The van der Waals surface area contributed by atoms with E-state index in [-0.39, 0.29) is 37.8 Å². The van der Waals surface area contributed by atoms with Crippen LogP contribution in [0.3, 0.4) is 0 Å². The van der Waals surface area contributed by atoms with Crippen molar-refractivity contribution in [3.05, 3.63) is 75.5 Å². The Balaban J connectivity index is 1.21. The van der Waals surface area contributed by atoms with Gasteiger partial charge >= 0.3 is 0 Å². The van der Waals surface area contributed by atoms with Gasteiger partial charge in [0.05, 0.1) is 32.8 Å². The number of nitrogens with zero attached hydrogens (tertiary/aromatic N) is 2. The van der Waals surface area contributed by atoms with Gasteiger partial charge in [0, 0.05) is 39.1 Å². The van der Waals surface area contributed by atoms with Gasteiger partial charge in [0.25, 0.3) is 5.91 Å². The van der Waals surface area contributed by atoms with E-state index in [1.807, 2.05) is 0 Å². The third kappa shape index (κ3) is 6.26. The highest BCUT2D eigenvalue weighted by molar-refractivity contribution is 7.10. The lowest BCUT2D eigenvalue weighted by Crippen LogP contribution is -2.49. The molecule has 0 bridgehead atoms. The van der Waals surface area contributed by atoms with Crippen LogP contribution in [0.15, 0.2) is 47.8 Å². The van der Waals surface area contributed by atoms with E-state index in [0.29, 0.717) is 30.0 Å². The number of aryl methyl sites for hydroxylation is 1. The Hall–Kier alpha value is -4.20. The van der Waals surface area contributed by atoms with Crippen molar-refractivity contribution in [2.75, 3.05) is 26.3 Å². The molecule has 2 aliphatic heterocycles. The molecule has 0 radical (unpaired) electrons. The molecular weight excluding hydrogens is 551 g/mol. The van der Waals surface area contributed by atoms with Crippen molar-refractivity contribution in [1.82, 2.24) is 20.5 Å². The lowest BCUT2D eigenvalue weighted by molar-refractivity contribution is -0.152. The summed E-state index contributed by atoms with van der Waals surface area (Å²) in [7, 11) is 0. The molecule has 2 aromatic heterocycles. The fourth-order valence-corrected chi connectivity index (χ4v) is 5.77. The number of hydrogen-bond donors (Lipinski definition) is 4. The van der Waals surface area contributed by atoms with Crippen molar-refractivity contribution < 1.29 is 28.2 Å². The number of rotatable bonds is 8. The molecule has 2 saturated heterocycles. The number of benzene rings is 1. The van der Waals surface area contributed by atoms with E-state index in [2.05, 4.69) is 15.6 Å². The average Bonchev–Trinajstić information content (AvgIpc) is 3.71. The maximum atomic E-state index is 13.3. The average molecular weight is 581 g/mol. The second-order valence-corrected chi connectivity index (χ2v) is 10.8. The normalized spacial score (nSPS) is 17.5. The maximum absolute atomic E-state index is 13.3. The summed E-state index contributed by atoms with van der Waals surface area (Å²) in [4.78, 5) is 45.2. The van der Waals surface area contributed by atoms with Gasteiger partial charge in [-0.15, -0.1) is 11.3 Å². The zero-order valence-electron chi connectivity index (χ0n) is 22.2. The summed E-state index contributed by atoms with van der Waals surface area (Å²) in [5.74, 6) is -2.96. The number of likely N-dealkylation sites (tertiary alicyclic amines) is 1. The summed E-state index contributed by atoms with van der Waals surface area (Å²) >= 11 is 1.37. The van der Waals surface area contributed by atoms with Gasteiger partial charge in [-0.05, 0) is 42.8 Å². The van der Waals surface area contributed by atoms with Gasteiger partial charge < -0.3 is 30.7 Å². The summed E-state index contributed by atoms with van der Waals surface area (Å²) in [5, 5.41) is 14.7. The van der Waals surface area contributed by atoms with Crippen molar-refractivity contribution in [3.8, 4) is 11.1 Å². The predicted octanol–water partition coefficient (Wildman–Crippen LogP) is 1.93. The standard InChI is InChI=1S/C28H29FN6O5S/c1-16-21(6-7-23(29)34-16)17-2-4-18(5-3-17)26(37)33-13-24(36)35-15-28(39-8-9-40-28)11-22(35)27(38)32-12-20-10-19(14-41-20)25(30)31/h2-7,10,14,22H,8-9,11-13,15H2,1H3,(H3,30,31)(H,32,38)(H,33,37)/t22-/m0/s1. The lowest BCUT2D eigenvalue weighted by atomic mass is 10.0. The minimum Gasteiger partial charge on any atom is -0.384 e. The summed E-state index contributed by atoms with van der Waals surface area (Å²) in [6.45, 7) is 2.37. The number of aromatic nitrogens is 1. The van der Waals surface area contributed by atoms with Crippen LogP contribution in [0.1, 0.15) is 32.9 Å². The van der Waals surface area contributed by atoms with Crippen LogP contribution in [0.5, 0.6) is 0 Å². The first-order valence-corrected chi connectivity index (χ1v) is 13.8. The Morgan fingerprint density at radius 3 is 2.54 bits per heavy atom. The molecule has 0 aliphatic carbocycles. The van der Waals surface area contributed by atoms with Gasteiger partial charge in [-0.2, -0.15) is 4.39 Å². The highest BCUT2D eigenvalue weighted by Crippen LogP contribution is 2.35. The number of thiophene rings is 1. The molecule has 3 amide bonds. The number of hydrogen-bond acceptors (Lipinski definition) is 8. The summed E-state index contributed by atoms with van der Waals surface area (Å²) in [6.07, 6.45) is 0.167. The fourth-order valence-electron chi connectivity index (χ4n) is 4.94. The smallest absolute Gasteiger partial charge is 0.251 e. The number of amidine groups is 1. The molecule has 2 fully saturated rings. The second kappa shape index (κ2) is 11.7. The molecule has 1 aromatic carbocycles.